The van der Waals surface area contributed by atoms with Crippen molar-refractivity contribution < 1.29 is 19.0 Å². The molecule has 1 amide bonds. The first kappa shape index (κ1) is 19.5. The fraction of sp³-hybridized carbons (Fsp3) is 0.450. The number of piperazine rings is 1. The van der Waals surface area contributed by atoms with E-state index in [-0.39, 0.29) is 5.91 Å². The van der Waals surface area contributed by atoms with E-state index in [1.165, 1.54) is 4.88 Å². The molecule has 2 aromatic rings. The third-order valence-corrected chi connectivity index (χ3v) is 5.63. The normalized spacial score (nSPS) is 14.9. The van der Waals surface area contributed by atoms with Crippen LogP contribution in [0.2, 0.25) is 0 Å². The van der Waals surface area contributed by atoms with Crippen LogP contribution >= 0.6 is 11.3 Å². The van der Waals surface area contributed by atoms with E-state index in [0.717, 1.165) is 38.3 Å². The number of hydrogen-bond donors (Lipinski definition) is 0. The van der Waals surface area contributed by atoms with E-state index in [4.69, 9.17) is 14.2 Å². The smallest absolute Gasteiger partial charge is 0.227 e. The lowest BCUT2D eigenvalue weighted by atomic mass is 10.1. The molecular formula is C20H26N2O4S. The number of nitrogens with zero attached hydrogens (tertiary/aromatic N) is 2. The van der Waals surface area contributed by atoms with Crippen molar-refractivity contribution in [2.24, 2.45) is 0 Å². The Bertz CT molecular complexity index is 730. The molecule has 27 heavy (non-hydrogen) atoms. The van der Waals surface area contributed by atoms with Gasteiger partial charge < -0.3 is 19.1 Å². The molecule has 0 unspecified atom stereocenters. The molecule has 1 aromatic carbocycles. The summed E-state index contributed by atoms with van der Waals surface area (Å²) in [6.07, 6.45) is 0.321. The topological polar surface area (TPSA) is 51.2 Å². The third-order valence-electron chi connectivity index (χ3n) is 4.76. The van der Waals surface area contributed by atoms with Crippen molar-refractivity contribution in [2.45, 2.75) is 13.0 Å². The van der Waals surface area contributed by atoms with Crippen molar-refractivity contribution >= 4 is 17.2 Å². The van der Waals surface area contributed by atoms with Crippen molar-refractivity contribution in [3.63, 3.8) is 0 Å². The highest BCUT2D eigenvalue weighted by atomic mass is 32.1. The maximum Gasteiger partial charge on any atom is 0.227 e. The van der Waals surface area contributed by atoms with E-state index in [0.29, 0.717) is 23.7 Å². The van der Waals surface area contributed by atoms with E-state index in [2.05, 4.69) is 22.4 Å². The van der Waals surface area contributed by atoms with Crippen LogP contribution in [0.1, 0.15) is 10.4 Å². The zero-order valence-corrected chi connectivity index (χ0v) is 16.9. The summed E-state index contributed by atoms with van der Waals surface area (Å²) in [6.45, 7) is 4.29. The molecule has 0 radical (unpaired) electrons. The number of thiophene rings is 1. The Kier molecular flexibility index (Phi) is 6.58. The Hall–Kier alpha value is -2.25. The van der Waals surface area contributed by atoms with Gasteiger partial charge in [-0.15, -0.1) is 11.3 Å². The van der Waals surface area contributed by atoms with Crippen LogP contribution in [0.5, 0.6) is 17.2 Å². The van der Waals surface area contributed by atoms with Crippen molar-refractivity contribution in [1.29, 1.82) is 0 Å². The second-order valence-electron chi connectivity index (χ2n) is 6.45. The molecule has 0 saturated carbocycles. The fourth-order valence-corrected chi connectivity index (χ4v) is 4.05. The lowest BCUT2D eigenvalue weighted by Gasteiger charge is -2.34. The van der Waals surface area contributed by atoms with Gasteiger partial charge in [-0.2, -0.15) is 0 Å². The molecular weight excluding hydrogens is 364 g/mol. The standard InChI is InChI=1S/C20H26N2O4S/c1-24-17-11-15(12-18(25-2)20(17)26-3)13-19(23)22-8-6-21(7-9-22)14-16-5-4-10-27-16/h4-5,10-12H,6-9,13-14H2,1-3H3. The first-order valence-corrected chi connectivity index (χ1v) is 9.84. The number of carbonyl (C=O) groups excluding carboxylic acids is 1. The fourth-order valence-electron chi connectivity index (χ4n) is 3.30. The summed E-state index contributed by atoms with van der Waals surface area (Å²) in [5, 5.41) is 2.10. The van der Waals surface area contributed by atoms with Crippen LogP contribution in [0.3, 0.4) is 0 Å². The van der Waals surface area contributed by atoms with E-state index >= 15 is 0 Å². The molecule has 0 bridgehead atoms. The number of amides is 1. The SMILES string of the molecule is COc1cc(CC(=O)N2CCN(Cc3cccs3)CC2)cc(OC)c1OC. The molecule has 3 rings (SSSR count). The quantitative estimate of drug-likeness (QED) is 0.728. The van der Waals surface area contributed by atoms with Crippen LogP contribution in [-0.2, 0) is 17.8 Å². The molecule has 0 N–H and O–H groups in total. The van der Waals surface area contributed by atoms with Crippen LogP contribution in [0.4, 0.5) is 0 Å². The number of rotatable bonds is 7. The third kappa shape index (κ3) is 4.73. The van der Waals surface area contributed by atoms with Gasteiger partial charge in [0.15, 0.2) is 11.5 Å². The van der Waals surface area contributed by atoms with Crippen LogP contribution in [-0.4, -0.2) is 63.2 Å². The summed E-state index contributed by atoms with van der Waals surface area (Å²) in [7, 11) is 4.73. The highest BCUT2D eigenvalue weighted by Gasteiger charge is 2.22. The molecule has 146 valence electrons. The van der Waals surface area contributed by atoms with Gasteiger partial charge in [0.25, 0.3) is 0 Å². The molecule has 0 aliphatic carbocycles. The largest absolute Gasteiger partial charge is 0.493 e. The predicted molar refractivity (Wildman–Crippen MR) is 106 cm³/mol. The van der Waals surface area contributed by atoms with Crippen molar-refractivity contribution in [3.05, 3.63) is 40.1 Å². The molecule has 7 heteroatoms. The van der Waals surface area contributed by atoms with Crippen LogP contribution in [0, 0.1) is 0 Å². The lowest BCUT2D eigenvalue weighted by Crippen LogP contribution is -2.48. The van der Waals surface area contributed by atoms with Crippen molar-refractivity contribution in [2.75, 3.05) is 47.5 Å². The van der Waals surface area contributed by atoms with Gasteiger partial charge in [-0.05, 0) is 29.1 Å². The summed E-state index contributed by atoms with van der Waals surface area (Å²) in [5.41, 5.74) is 0.857. The minimum Gasteiger partial charge on any atom is -0.493 e. The summed E-state index contributed by atoms with van der Waals surface area (Å²) in [4.78, 5) is 18.4. The van der Waals surface area contributed by atoms with Gasteiger partial charge in [-0.25, -0.2) is 0 Å². The monoisotopic (exact) mass is 390 g/mol. The first-order valence-electron chi connectivity index (χ1n) is 8.96. The first-order chi connectivity index (χ1) is 13.1. The molecule has 1 aliphatic heterocycles. The summed E-state index contributed by atoms with van der Waals surface area (Å²) < 4.78 is 16.1. The molecule has 1 fully saturated rings. The Morgan fingerprint density at radius 2 is 1.70 bits per heavy atom. The van der Waals surface area contributed by atoms with Crippen molar-refractivity contribution in [3.8, 4) is 17.2 Å². The summed E-state index contributed by atoms with van der Waals surface area (Å²) in [6, 6.07) is 7.92. The van der Waals surface area contributed by atoms with Crippen molar-refractivity contribution in [1.82, 2.24) is 9.80 Å². The minimum atomic E-state index is 0.125. The van der Waals surface area contributed by atoms with Gasteiger partial charge in [0.05, 0.1) is 27.8 Å². The van der Waals surface area contributed by atoms with Gasteiger partial charge in [0, 0.05) is 37.6 Å². The van der Waals surface area contributed by atoms with Crippen LogP contribution in [0.15, 0.2) is 29.6 Å². The number of hydrogen-bond acceptors (Lipinski definition) is 6. The van der Waals surface area contributed by atoms with E-state index in [9.17, 15) is 4.79 Å². The number of ether oxygens (including phenoxy) is 3. The zero-order valence-electron chi connectivity index (χ0n) is 16.1. The Labute approximate surface area is 164 Å². The predicted octanol–water partition coefficient (Wildman–Crippen LogP) is 2.66. The summed E-state index contributed by atoms with van der Waals surface area (Å²) >= 11 is 1.78. The lowest BCUT2D eigenvalue weighted by molar-refractivity contribution is -0.132. The molecule has 0 atom stereocenters. The number of methoxy groups -OCH3 is 3. The molecule has 2 heterocycles. The summed E-state index contributed by atoms with van der Waals surface area (Å²) in [5.74, 6) is 1.80. The number of carbonyl (C=O) groups is 1. The second-order valence-corrected chi connectivity index (χ2v) is 7.48. The van der Waals surface area contributed by atoms with Gasteiger partial charge in [-0.3, -0.25) is 9.69 Å². The van der Waals surface area contributed by atoms with E-state index < -0.39 is 0 Å². The Morgan fingerprint density at radius 3 is 2.22 bits per heavy atom. The average Bonchev–Trinajstić information content (AvgIpc) is 3.20. The highest BCUT2D eigenvalue weighted by Crippen LogP contribution is 2.38. The number of benzene rings is 1. The van der Waals surface area contributed by atoms with E-state index in [1.807, 2.05) is 17.0 Å². The van der Waals surface area contributed by atoms with Gasteiger partial charge in [0.2, 0.25) is 11.7 Å². The average molecular weight is 391 g/mol. The Morgan fingerprint density at radius 1 is 1.04 bits per heavy atom. The maximum absolute atomic E-state index is 12.7. The van der Waals surface area contributed by atoms with E-state index in [1.54, 1.807) is 32.7 Å². The second kappa shape index (κ2) is 9.10. The van der Waals surface area contributed by atoms with Gasteiger partial charge in [0.1, 0.15) is 0 Å². The zero-order chi connectivity index (χ0) is 19.2. The minimum absolute atomic E-state index is 0.125. The Balaban J connectivity index is 1.59. The maximum atomic E-state index is 12.7. The molecule has 1 saturated heterocycles. The van der Waals surface area contributed by atoms with Crippen LogP contribution < -0.4 is 14.2 Å². The molecule has 6 nitrogen and oxygen atoms in total. The van der Waals surface area contributed by atoms with Gasteiger partial charge in [-0.1, -0.05) is 6.07 Å². The molecule has 1 aliphatic rings. The highest BCUT2D eigenvalue weighted by molar-refractivity contribution is 7.09. The molecule has 0 spiro atoms. The molecule has 1 aromatic heterocycles. The van der Waals surface area contributed by atoms with Gasteiger partial charge >= 0.3 is 0 Å². The van der Waals surface area contributed by atoms with Crippen LogP contribution in [0.25, 0.3) is 0 Å².